The van der Waals surface area contributed by atoms with Gasteiger partial charge < -0.3 is 14.9 Å². The number of aliphatic imine (C=N–C) groups is 1. The lowest BCUT2D eigenvalue weighted by molar-refractivity contribution is -0.140. The minimum atomic E-state index is -4.69. The number of carboxylic acids is 2. The summed E-state index contributed by atoms with van der Waals surface area (Å²) in [6, 6.07) is 11.2. The summed E-state index contributed by atoms with van der Waals surface area (Å²) in [4.78, 5) is 26.1. The van der Waals surface area contributed by atoms with Gasteiger partial charge in [-0.25, -0.2) is 9.79 Å². The first-order chi connectivity index (χ1) is 13.1. The van der Waals surface area contributed by atoms with Crippen LogP contribution in [0.3, 0.4) is 0 Å². The highest BCUT2D eigenvalue weighted by Gasteiger charge is 2.32. The molecule has 0 fully saturated rings. The second-order valence-corrected chi connectivity index (χ2v) is 5.82. The van der Waals surface area contributed by atoms with Crippen LogP contribution in [-0.2, 0) is 22.4 Å². The lowest BCUT2D eigenvalue weighted by Crippen LogP contribution is -2.27. The van der Waals surface area contributed by atoms with Gasteiger partial charge in [-0.2, -0.15) is 13.2 Å². The minimum absolute atomic E-state index is 0.00557. The molecule has 0 aliphatic carbocycles. The summed E-state index contributed by atoms with van der Waals surface area (Å²) < 4.78 is 44.6. The Labute approximate surface area is 157 Å². The first-order valence-electron chi connectivity index (χ1n) is 8.02. The van der Waals surface area contributed by atoms with Gasteiger partial charge in [-0.3, -0.25) is 4.79 Å². The molecule has 2 rings (SSSR count). The van der Waals surface area contributed by atoms with Crippen molar-refractivity contribution >= 4 is 23.3 Å². The van der Waals surface area contributed by atoms with Gasteiger partial charge in [-0.05, 0) is 30.7 Å². The number of aliphatic carboxylic acids is 2. The van der Waals surface area contributed by atoms with Crippen molar-refractivity contribution < 1.29 is 37.7 Å². The molecule has 0 aliphatic rings. The molecule has 0 saturated carbocycles. The van der Waals surface area contributed by atoms with Crippen LogP contribution in [0.25, 0.3) is 0 Å². The van der Waals surface area contributed by atoms with Crippen LogP contribution < -0.4 is 4.74 Å². The summed E-state index contributed by atoms with van der Waals surface area (Å²) in [7, 11) is 0. The first kappa shape index (κ1) is 20.9. The average molecular weight is 395 g/mol. The summed E-state index contributed by atoms with van der Waals surface area (Å²) in [5, 5.41) is 18.3. The Morgan fingerprint density at radius 1 is 1.11 bits per heavy atom. The van der Waals surface area contributed by atoms with Gasteiger partial charge >= 0.3 is 18.1 Å². The highest BCUT2D eigenvalue weighted by molar-refractivity contribution is 6.40. The lowest BCUT2D eigenvalue weighted by atomic mass is 10.1. The van der Waals surface area contributed by atoms with Crippen molar-refractivity contribution in [2.45, 2.75) is 19.7 Å². The predicted molar refractivity (Wildman–Crippen MR) is 93.7 cm³/mol. The molecule has 2 N–H and O–H groups in total. The fraction of sp³-hybridized carbons (Fsp3) is 0.211. The van der Waals surface area contributed by atoms with E-state index in [4.69, 9.17) is 9.84 Å². The smallest absolute Gasteiger partial charge is 0.416 e. The van der Waals surface area contributed by atoms with E-state index in [1.165, 1.54) is 0 Å². The number of carbonyl (C=O) groups is 2. The van der Waals surface area contributed by atoms with E-state index in [9.17, 15) is 27.9 Å². The first-order valence-corrected chi connectivity index (χ1v) is 8.02. The van der Waals surface area contributed by atoms with Crippen LogP contribution in [0.4, 0.5) is 18.9 Å². The summed E-state index contributed by atoms with van der Waals surface area (Å²) in [6.45, 7) is 1.08. The van der Waals surface area contributed by atoms with Crippen molar-refractivity contribution in [3.05, 3.63) is 59.7 Å². The van der Waals surface area contributed by atoms with Crippen LogP contribution in [0.1, 0.15) is 18.1 Å². The van der Waals surface area contributed by atoms with Crippen LogP contribution in [0.5, 0.6) is 5.75 Å². The number of hydrogen-bond donors (Lipinski definition) is 2. The van der Waals surface area contributed by atoms with E-state index < -0.39 is 41.0 Å². The van der Waals surface area contributed by atoms with Gasteiger partial charge in [0.15, 0.2) is 0 Å². The highest BCUT2D eigenvalue weighted by atomic mass is 19.4. The number of nitrogens with zero attached hydrogens (tertiary/aromatic N) is 1. The van der Waals surface area contributed by atoms with E-state index >= 15 is 0 Å². The van der Waals surface area contributed by atoms with Gasteiger partial charge in [0, 0.05) is 0 Å². The zero-order valence-electron chi connectivity index (χ0n) is 14.6. The Kier molecular flexibility index (Phi) is 6.40. The molecule has 9 heteroatoms. The van der Waals surface area contributed by atoms with Gasteiger partial charge in [0.05, 0.1) is 5.56 Å². The Morgan fingerprint density at radius 2 is 1.75 bits per heavy atom. The third kappa shape index (κ3) is 5.32. The summed E-state index contributed by atoms with van der Waals surface area (Å²) in [6.07, 6.45) is -4.69. The van der Waals surface area contributed by atoms with E-state index in [0.29, 0.717) is 6.07 Å². The standard InChI is InChI=1S/C19H16F3NO5/c1-11(17(24)25)16(18(26)27)23-14-9-13(19(20,21)22)7-8-15(14)28-10-12-5-3-2-4-6-12/h2-9,11H,10H2,1H3,(H,24,25)(H,26,27). The van der Waals surface area contributed by atoms with E-state index in [1.807, 2.05) is 0 Å². The van der Waals surface area contributed by atoms with Gasteiger partial charge in [0.1, 0.15) is 29.7 Å². The summed E-state index contributed by atoms with van der Waals surface area (Å²) >= 11 is 0. The molecule has 0 saturated heterocycles. The maximum atomic E-state index is 13.0. The topological polar surface area (TPSA) is 96.2 Å². The SMILES string of the molecule is CC(C(=O)O)C(=Nc1cc(C(F)(F)F)ccc1OCc1ccccc1)C(=O)O. The monoisotopic (exact) mass is 395 g/mol. The number of alkyl halides is 3. The van der Waals surface area contributed by atoms with Gasteiger partial charge in [0.2, 0.25) is 0 Å². The van der Waals surface area contributed by atoms with Crippen LogP contribution in [0, 0.1) is 5.92 Å². The lowest BCUT2D eigenvalue weighted by Gasteiger charge is -2.14. The molecule has 1 atom stereocenters. The van der Waals surface area contributed by atoms with Crippen molar-refractivity contribution in [3.63, 3.8) is 0 Å². The van der Waals surface area contributed by atoms with E-state index in [1.54, 1.807) is 30.3 Å². The molecule has 2 aromatic carbocycles. The highest BCUT2D eigenvalue weighted by Crippen LogP contribution is 2.37. The molecule has 0 aliphatic heterocycles. The van der Waals surface area contributed by atoms with Crippen LogP contribution in [0.2, 0.25) is 0 Å². The van der Waals surface area contributed by atoms with Gasteiger partial charge in [-0.1, -0.05) is 30.3 Å². The number of ether oxygens (including phenoxy) is 1. The molecular weight excluding hydrogens is 379 g/mol. The molecule has 1 unspecified atom stereocenters. The maximum Gasteiger partial charge on any atom is 0.416 e. The zero-order chi connectivity index (χ0) is 20.9. The van der Waals surface area contributed by atoms with Crippen molar-refractivity contribution in [2.24, 2.45) is 10.9 Å². The van der Waals surface area contributed by atoms with Crippen molar-refractivity contribution in [3.8, 4) is 5.75 Å². The van der Waals surface area contributed by atoms with Crippen LogP contribution >= 0.6 is 0 Å². The Morgan fingerprint density at radius 3 is 2.29 bits per heavy atom. The number of halogens is 3. The van der Waals surface area contributed by atoms with E-state index in [0.717, 1.165) is 24.6 Å². The average Bonchev–Trinajstić information content (AvgIpc) is 2.64. The summed E-state index contributed by atoms with van der Waals surface area (Å²) in [5.74, 6) is -4.76. The molecule has 0 radical (unpaired) electrons. The Bertz CT molecular complexity index is 894. The molecule has 148 valence electrons. The zero-order valence-corrected chi connectivity index (χ0v) is 14.6. The predicted octanol–water partition coefficient (Wildman–Crippen LogP) is 4.16. The minimum Gasteiger partial charge on any atom is -0.487 e. The normalized spacial score (nSPS) is 13.1. The number of carboxylic acid groups (broad SMARTS) is 2. The van der Waals surface area contributed by atoms with Gasteiger partial charge in [0.25, 0.3) is 0 Å². The van der Waals surface area contributed by atoms with E-state index in [-0.39, 0.29) is 12.4 Å². The number of benzene rings is 2. The van der Waals surface area contributed by atoms with Crippen molar-refractivity contribution in [1.82, 2.24) is 0 Å². The molecule has 0 aromatic heterocycles. The molecular formula is C19H16F3NO5. The second-order valence-electron chi connectivity index (χ2n) is 5.82. The molecule has 28 heavy (non-hydrogen) atoms. The third-order valence-corrected chi connectivity index (χ3v) is 3.76. The maximum absolute atomic E-state index is 13.0. The molecule has 0 spiro atoms. The molecule has 0 heterocycles. The number of rotatable bonds is 7. The third-order valence-electron chi connectivity index (χ3n) is 3.76. The molecule has 6 nitrogen and oxygen atoms in total. The largest absolute Gasteiger partial charge is 0.487 e. The Balaban J connectivity index is 2.48. The summed E-state index contributed by atoms with van der Waals surface area (Å²) in [5.41, 5.74) is -1.56. The molecule has 0 bridgehead atoms. The van der Waals surface area contributed by atoms with E-state index in [2.05, 4.69) is 4.99 Å². The van der Waals surface area contributed by atoms with Gasteiger partial charge in [-0.15, -0.1) is 0 Å². The van der Waals surface area contributed by atoms with Crippen LogP contribution in [-0.4, -0.2) is 27.9 Å². The number of hydrogen-bond acceptors (Lipinski definition) is 4. The second kappa shape index (κ2) is 8.55. The quantitative estimate of drug-likeness (QED) is 0.686. The molecule has 0 amide bonds. The van der Waals surface area contributed by atoms with Crippen LogP contribution in [0.15, 0.2) is 53.5 Å². The Hall–Kier alpha value is -3.36. The van der Waals surface area contributed by atoms with Crippen molar-refractivity contribution in [1.29, 1.82) is 0 Å². The molecule has 2 aromatic rings. The fourth-order valence-electron chi connectivity index (χ4n) is 2.22. The fourth-order valence-corrected chi connectivity index (χ4v) is 2.22. The van der Waals surface area contributed by atoms with Crippen molar-refractivity contribution in [2.75, 3.05) is 0 Å².